The maximum Gasteiger partial charge on any atom is 0.238 e. The second-order valence-electron chi connectivity index (χ2n) is 9.70. The van der Waals surface area contributed by atoms with Gasteiger partial charge >= 0.3 is 0 Å². The minimum atomic E-state index is -0.405. The highest BCUT2D eigenvalue weighted by Crippen LogP contribution is 2.38. The summed E-state index contributed by atoms with van der Waals surface area (Å²) in [5.74, 6) is -0.133. The fourth-order valence-corrected chi connectivity index (χ4v) is 7.32. The number of fused-ring (bicyclic) bond motifs is 4. The molecule has 6 rings (SSSR count). The Hall–Kier alpha value is -3.74. The summed E-state index contributed by atoms with van der Waals surface area (Å²) in [6, 6.07) is 20.9. The molecule has 39 heavy (non-hydrogen) atoms. The summed E-state index contributed by atoms with van der Waals surface area (Å²) in [6.07, 6.45) is 5.58. The predicted octanol–water partition coefficient (Wildman–Crippen LogP) is 6.54. The Morgan fingerprint density at radius 1 is 1.13 bits per heavy atom. The van der Waals surface area contributed by atoms with Crippen molar-refractivity contribution >= 4 is 56.1 Å². The van der Waals surface area contributed by atoms with Crippen LogP contribution in [0, 0.1) is 11.3 Å². The maximum absolute atomic E-state index is 13.3. The molecular formula is C30H28N6OS2. The highest BCUT2D eigenvalue weighted by Gasteiger charge is 2.26. The van der Waals surface area contributed by atoms with Crippen molar-refractivity contribution in [3.63, 3.8) is 0 Å². The molecule has 0 saturated carbocycles. The smallest absolute Gasteiger partial charge is 0.238 e. The van der Waals surface area contributed by atoms with Crippen LogP contribution in [0.2, 0.25) is 0 Å². The van der Waals surface area contributed by atoms with Gasteiger partial charge < -0.3 is 9.88 Å². The van der Waals surface area contributed by atoms with Crippen molar-refractivity contribution in [1.29, 1.82) is 5.26 Å². The normalized spacial score (nSPS) is 13.7. The van der Waals surface area contributed by atoms with Gasteiger partial charge in [-0.3, -0.25) is 4.79 Å². The van der Waals surface area contributed by atoms with E-state index in [4.69, 9.17) is 4.98 Å². The lowest BCUT2D eigenvalue weighted by Gasteiger charge is -2.13. The summed E-state index contributed by atoms with van der Waals surface area (Å²) in [5.41, 5.74) is 5.62. The van der Waals surface area contributed by atoms with Crippen molar-refractivity contribution in [3.05, 3.63) is 76.2 Å². The van der Waals surface area contributed by atoms with Crippen molar-refractivity contribution in [2.24, 2.45) is 0 Å². The molecule has 0 bridgehead atoms. The Balaban J connectivity index is 1.27. The van der Waals surface area contributed by atoms with Crippen LogP contribution in [-0.4, -0.2) is 30.9 Å². The van der Waals surface area contributed by atoms with Gasteiger partial charge in [-0.05, 0) is 55.7 Å². The van der Waals surface area contributed by atoms with Crippen molar-refractivity contribution in [2.75, 3.05) is 5.32 Å². The van der Waals surface area contributed by atoms with E-state index in [1.807, 2.05) is 25.1 Å². The van der Waals surface area contributed by atoms with Crippen LogP contribution in [-0.2, 0) is 30.6 Å². The zero-order valence-electron chi connectivity index (χ0n) is 21.7. The zero-order chi connectivity index (χ0) is 26.8. The number of hydrogen-bond acceptors (Lipinski definition) is 7. The molecule has 3 heterocycles. The van der Waals surface area contributed by atoms with Crippen molar-refractivity contribution in [2.45, 2.75) is 62.4 Å². The molecule has 0 saturated heterocycles. The zero-order valence-corrected chi connectivity index (χ0v) is 23.3. The molecular weight excluding hydrogens is 525 g/mol. The molecule has 2 aromatic carbocycles. The van der Waals surface area contributed by atoms with Gasteiger partial charge in [0.05, 0.1) is 16.3 Å². The predicted molar refractivity (Wildman–Crippen MR) is 157 cm³/mol. The number of nitrogens with zero attached hydrogens (tertiary/aromatic N) is 5. The molecule has 7 nitrogen and oxygen atoms in total. The first-order valence-corrected chi connectivity index (χ1v) is 15.0. The quantitative estimate of drug-likeness (QED) is 0.220. The van der Waals surface area contributed by atoms with Crippen LogP contribution in [0.4, 0.5) is 5.00 Å². The fraction of sp³-hybridized carbons (Fsp3) is 0.300. The summed E-state index contributed by atoms with van der Waals surface area (Å²) < 4.78 is 2.20. The highest BCUT2D eigenvalue weighted by molar-refractivity contribution is 8.00. The second-order valence-corrected chi connectivity index (χ2v) is 12.0. The topological polar surface area (TPSA) is 96.5 Å². The van der Waals surface area contributed by atoms with E-state index in [-0.39, 0.29) is 5.91 Å². The largest absolute Gasteiger partial charge is 0.323 e. The molecule has 0 fully saturated rings. The van der Waals surface area contributed by atoms with Crippen LogP contribution in [0.15, 0.2) is 59.8 Å². The number of nitrogens with one attached hydrogen (secondary N) is 1. The van der Waals surface area contributed by atoms with Crippen molar-refractivity contribution < 1.29 is 4.79 Å². The Kier molecular flexibility index (Phi) is 7.31. The molecule has 5 aromatic rings. The Morgan fingerprint density at radius 2 is 1.92 bits per heavy atom. The third kappa shape index (κ3) is 5.02. The lowest BCUT2D eigenvalue weighted by Crippen LogP contribution is -2.25. The van der Waals surface area contributed by atoms with E-state index in [1.165, 1.54) is 22.2 Å². The van der Waals surface area contributed by atoms with Gasteiger partial charge in [-0.1, -0.05) is 67.2 Å². The van der Waals surface area contributed by atoms with E-state index >= 15 is 0 Å². The maximum atomic E-state index is 13.3. The molecule has 9 heteroatoms. The monoisotopic (exact) mass is 552 g/mol. The molecule has 0 aliphatic heterocycles. The number of carbonyl (C=O) groups is 1. The number of thiophene rings is 1. The van der Waals surface area contributed by atoms with Gasteiger partial charge in [-0.2, -0.15) is 5.26 Å². The second kappa shape index (κ2) is 11.2. The number of anilines is 1. The van der Waals surface area contributed by atoms with Gasteiger partial charge in [-0.25, -0.2) is 4.98 Å². The van der Waals surface area contributed by atoms with Gasteiger partial charge in [0.25, 0.3) is 0 Å². The van der Waals surface area contributed by atoms with E-state index in [9.17, 15) is 10.1 Å². The molecule has 1 amide bonds. The lowest BCUT2D eigenvalue weighted by atomic mass is 9.96. The number of benzene rings is 2. The van der Waals surface area contributed by atoms with E-state index < -0.39 is 5.25 Å². The average molecular weight is 553 g/mol. The Labute approximate surface area is 235 Å². The van der Waals surface area contributed by atoms with Crippen molar-refractivity contribution in [3.8, 4) is 6.07 Å². The molecule has 1 N–H and O–H groups in total. The van der Waals surface area contributed by atoms with Crippen LogP contribution in [0.5, 0.6) is 0 Å². The summed E-state index contributed by atoms with van der Waals surface area (Å²) in [5, 5.41) is 23.6. The number of aromatic nitrogens is 4. The van der Waals surface area contributed by atoms with E-state index in [0.29, 0.717) is 22.1 Å². The number of amides is 1. The summed E-state index contributed by atoms with van der Waals surface area (Å²) in [4.78, 5) is 19.5. The number of para-hydroxylation sites is 1. The lowest BCUT2D eigenvalue weighted by molar-refractivity contribution is -0.115. The van der Waals surface area contributed by atoms with Gasteiger partial charge in [0, 0.05) is 16.8 Å². The van der Waals surface area contributed by atoms with E-state index in [1.54, 1.807) is 11.3 Å². The third-order valence-electron chi connectivity index (χ3n) is 7.25. The molecule has 1 aliphatic rings. The van der Waals surface area contributed by atoms with E-state index in [0.717, 1.165) is 66.3 Å². The SMILES string of the molecule is CC[C@H](Sc1nnc2c3ccccc3n(CCc3ccccc3)c2n1)C(=O)Nc1sc2c(c1C#N)CCCC2. The van der Waals surface area contributed by atoms with Crippen LogP contribution >= 0.6 is 23.1 Å². The van der Waals surface area contributed by atoms with Crippen LogP contribution in [0.1, 0.15) is 47.8 Å². The Bertz CT molecular complexity index is 1700. The average Bonchev–Trinajstić information content (AvgIpc) is 3.49. The van der Waals surface area contributed by atoms with Gasteiger partial charge in [0.1, 0.15) is 16.6 Å². The van der Waals surface area contributed by atoms with Gasteiger partial charge in [0.2, 0.25) is 11.1 Å². The van der Waals surface area contributed by atoms with Gasteiger partial charge in [0.15, 0.2) is 5.65 Å². The Morgan fingerprint density at radius 3 is 2.74 bits per heavy atom. The first-order valence-electron chi connectivity index (χ1n) is 13.3. The van der Waals surface area contributed by atoms with Gasteiger partial charge in [-0.15, -0.1) is 21.5 Å². The molecule has 0 radical (unpaired) electrons. The van der Waals surface area contributed by atoms with Crippen LogP contribution < -0.4 is 5.32 Å². The molecule has 1 aliphatic carbocycles. The summed E-state index contributed by atoms with van der Waals surface area (Å²) in [6.45, 7) is 2.74. The van der Waals surface area contributed by atoms with Crippen LogP contribution in [0.25, 0.3) is 22.1 Å². The number of carbonyl (C=O) groups excluding carboxylic acids is 1. The van der Waals surface area contributed by atoms with E-state index in [2.05, 4.69) is 62.5 Å². The number of hydrogen-bond donors (Lipinski definition) is 1. The molecule has 3 aromatic heterocycles. The minimum Gasteiger partial charge on any atom is -0.323 e. The third-order valence-corrected chi connectivity index (χ3v) is 9.68. The number of rotatable bonds is 8. The highest BCUT2D eigenvalue weighted by atomic mass is 32.2. The van der Waals surface area contributed by atoms with Crippen LogP contribution in [0.3, 0.4) is 0 Å². The number of aryl methyl sites for hydroxylation is 3. The molecule has 1 atom stereocenters. The number of thioether (sulfide) groups is 1. The molecule has 0 unspecified atom stereocenters. The fourth-order valence-electron chi connectivity index (χ4n) is 5.27. The first-order chi connectivity index (χ1) is 19.2. The number of nitriles is 1. The molecule has 0 spiro atoms. The molecule has 196 valence electrons. The first kappa shape index (κ1) is 25.5. The summed E-state index contributed by atoms with van der Waals surface area (Å²) in [7, 11) is 0. The standard InChI is InChI=1S/C30H28N6OS2/c1-2-24(28(37)33-29-22(18-31)20-12-7-9-15-25(20)38-29)39-30-32-27-26(34-35-30)21-13-6-8-14-23(21)36(27)17-16-19-10-4-3-5-11-19/h3-6,8,10-11,13-14,24H,2,7,9,12,15-17H2,1H3,(H,33,37)/t24-/m0/s1. The summed E-state index contributed by atoms with van der Waals surface area (Å²) >= 11 is 2.87. The van der Waals surface area contributed by atoms with Crippen molar-refractivity contribution in [1.82, 2.24) is 19.7 Å². The minimum absolute atomic E-state index is 0.133.